The highest BCUT2D eigenvalue weighted by Gasteiger charge is 2.54. The lowest BCUT2D eigenvalue weighted by molar-refractivity contribution is -0.124. The third-order valence-electron chi connectivity index (χ3n) is 6.64. The van der Waals surface area contributed by atoms with Crippen LogP contribution in [0, 0.1) is 5.82 Å². The van der Waals surface area contributed by atoms with Gasteiger partial charge in [-0.25, -0.2) is 4.39 Å². The Hall–Kier alpha value is -3.13. The molecule has 1 saturated carbocycles. The zero-order valence-corrected chi connectivity index (χ0v) is 19.9. The number of hydrogen-bond donors (Lipinski definition) is 1. The summed E-state index contributed by atoms with van der Waals surface area (Å²) in [4.78, 5) is 32.6. The molecule has 0 spiro atoms. The fourth-order valence-electron chi connectivity index (χ4n) is 4.47. The van der Waals surface area contributed by atoms with E-state index >= 15 is 0 Å². The van der Waals surface area contributed by atoms with Crippen LogP contribution in [0.5, 0.6) is 0 Å². The van der Waals surface area contributed by atoms with Crippen molar-refractivity contribution in [2.24, 2.45) is 0 Å². The maximum atomic E-state index is 14.0. The first-order valence-corrected chi connectivity index (χ1v) is 12.0. The third kappa shape index (κ3) is 4.98. The molecule has 0 atom stereocenters. The predicted molar refractivity (Wildman–Crippen MR) is 132 cm³/mol. The number of morpholine rings is 1. The van der Waals surface area contributed by atoms with Crippen LogP contribution in [0.2, 0.25) is 5.02 Å². The van der Waals surface area contributed by atoms with E-state index in [-0.39, 0.29) is 23.9 Å². The van der Waals surface area contributed by atoms with E-state index in [1.165, 1.54) is 6.07 Å². The van der Waals surface area contributed by atoms with Gasteiger partial charge in [0.1, 0.15) is 11.4 Å². The Morgan fingerprint density at radius 2 is 1.86 bits per heavy atom. The van der Waals surface area contributed by atoms with Crippen molar-refractivity contribution in [3.8, 4) is 11.3 Å². The number of pyridine rings is 1. The SMILES string of the molecule is O=C(Cc1ccc(-c2ccccc2F)nc1)c1ccc(Cl)c(NC(=O)C2(N3CCOCC3)CC2)c1. The van der Waals surface area contributed by atoms with Crippen LogP contribution in [0.3, 0.4) is 0 Å². The van der Waals surface area contributed by atoms with E-state index in [9.17, 15) is 14.0 Å². The highest BCUT2D eigenvalue weighted by atomic mass is 35.5. The fourth-order valence-corrected chi connectivity index (χ4v) is 4.64. The number of halogens is 2. The largest absolute Gasteiger partial charge is 0.379 e. The smallest absolute Gasteiger partial charge is 0.244 e. The molecule has 1 amide bonds. The van der Waals surface area contributed by atoms with E-state index in [1.54, 1.807) is 54.7 Å². The summed E-state index contributed by atoms with van der Waals surface area (Å²) in [7, 11) is 0. The number of ether oxygens (including phenoxy) is 1. The van der Waals surface area contributed by atoms with Crippen LogP contribution < -0.4 is 5.32 Å². The minimum atomic E-state index is -0.515. The van der Waals surface area contributed by atoms with Crippen molar-refractivity contribution in [2.45, 2.75) is 24.8 Å². The van der Waals surface area contributed by atoms with E-state index < -0.39 is 5.54 Å². The molecule has 3 aromatic rings. The van der Waals surface area contributed by atoms with Gasteiger partial charge in [-0.1, -0.05) is 29.8 Å². The Balaban J connectivity index is 1.27. The van der Waals surface area contributed by atoms with Crippen molar-refractivity contribution in [2.75, 3.05) is 31.6 Å². The Kier molecular flexibility index (Phi) is 6.65. The highest BCUT2D eigenvalue weighted by molar-refractivity contribution is 6.34. The first-order valence-electron chi connectivity index (χ1n) is 11.6. The summed E-state index contributed by atoms with van der Waals surface area (Å²) < 4.78 is 19.4. The number of amides is 1. The van der Waals surface area contributed by atoms with E-state index in [0.717, 1.165) is 25.9 Å². The number of Topliss-reactive ketones (excluding diaryl/α,β-unsaturated/α-hetero) is 1. The van der Waals surface area contributed by atoms with Crippen molar-refractivity contribution in [3.05, 3.63) is 82.8 Å². The van der Waals surface area contributed by atoms with E-state index in [1.807, 2.05) is 0 Å². The monoisotopic (exact) mass is 493 g/mol. The number of benzene rings is 2. The minimum Gasteiger partial charge on any atom is -0.379 e. The lowest BCUT2D eigenvalue weighted by Crippen LogP contribution is -2.51. The van der Waals surface area contributed by atoms with E-state index in [4.69, 9.17) is 16.3 Å². The van der Waals surface area contributed by atoms with Crippen LogP contribution >= 0.6 is 11.6 Å². The molecule has 6 nitrogen and oxygen atoms in total. The summed E-state index contributed by atoms with van der Waals surface area (Å²) in [5.41, 5.74) is 1.98. The van der Waals surface area contributed by atoms with E-state index in [0.29, 0.717) is 46.3 Å². The van der Waals surface area contributed by atoms with Gasteiger partial charge in [0.25, 0.3) is 0 Å². The maximum Gasteiger partial charge on any atom is 0.244 e. The Morgan fingerprint density at radius 3 is 2.54 bits per heavy atom. The maximum absolute atomic E-state index is 14.0. The molecule has 0 bridgehead atoms. The molecule has 180 valence electrons. The summed E-state index contributed by atoms with van der Waals surface area (Å²) in [6, 6.07) is 14.8. The number of nitrogens with one attached hydrogen (secondary N) is 1. The summed E-state index contributed by atoms with van der Waals surface area (Å²) >= 11 is 6.35. The average molecular weight is 494 g/mol. The van der Waals surface area contributed by atoms with Gasteiger partial charge in [0.2, 0.25) is 5.91 Å². The van der Waals surface area contributed by atoms with Crippen molar-refractivity contribution < 1.29 is 18.7 Å². The van der Waals surface area contributed by atoms with Crippen LogP contribution in [0.15, 0.2) is 60.8 Å². The molecule has 2 aromatic carbocycles. The standard InChI is InChI=1S/C27H25ClFN3O3/c28-21-7-6-19(16-24(21)31-26(34)27(9-10-27)32-11-13-35-14-12-32)25(33)15-18-5-8-23(30-17-18)20-3-1-2-4-22(20)29/h1-8,16-17H,9-15H2,(H,31,34). The van der Waals surface area contributed by atoms with Gasteiger partial charge < -0.3 is 10.1 Å². The van der Waals surface area contributed by atoms with Gasteiger partial charge in [-0.3, -0.25) is 19.5 Å². The number of carbonyl (C=O) groups excluding carboxylic acids is 2. The van der Waals surface area contributed by atoms with Gasteiger partial charge in [-0.05, 0) is 54.8 Å². The van der Waals surface area contributed by atoms with Gasteiger partial charge in [0, 0.05) is 36.8 Å². The van der Waals surface area contributed by atoms with Crippen molar-refractivity contribution in [1.82, 2.24) is 9.88 Å². The van der Waals surface area contributed by atoms with Gasteiger partial charge in [-0.2, -0.15) is 0 Å². The molecule has 35 heavy (non-hydrogen) atoms. The summed E-state index contributed by atoms with van der Waals surface area (Å²) in [6.45, 7) is 2.69. The average Bonchev–Trinajstić information content (AvgIpc) is 3.69. The minimum absolute atomic E-state index is 0.0983. The molecule has 2 aliphatic rings. The van der Waals surface area contributed by atoms with Gasteiger partial charge in [0.05, 0.1) is 29.6 Å². The van der Waals surface area contributed by atoms with Crippen LogP contribution in [0.1, 0.15) is 28.8 Å². The molecule has 5 rings (SSSR count). The Morgan fingerprint density at radius 1 is 1.09 bits per heavy atom. The molecule has 0 unspecified atom stereocenters. The number of rotatable bonds is 7. The second-order valence-electron chi connectivity index (χ2n) is 8.91. The molecule has 8 heteroatoms. The number of ketones is 1. The first kappa shape index (κ1) is 23.6. The number of anilines is 1. The van der Waals surface area contributed by atoms with Crippen molar-refractivity contribution >= 4 is 29.0 Å². The zero-order valence-electron chi connectivity index (χ0n) is 19.1. The van der Waals surface area contributed by atoms with Gasteiger partial charge in [0.15, 0.2) is 5.78 Å². The quantitative estimate of drug-likeness (QED) is 0.480. The molecule has 2 fully saturated rings. The molecule has 1 saturated heterocycles. The molecular weight excluding hydrogens is 469 g/mol. The van der Waals surface area contributed by atoms with Crippen LogP contribution in [0.25, 0.3) is 11.3 Å². The molecule has 1 aliphatic carbocycles. The number of carbonyl (C=O) groups is 2. The summed E-state index contributed by atoms with van der Waals surface area (Å²) in [5.74, 6) is -0.577. The second kappa shape index (κ2) is 9.85. The molecule has 1 N–H and O–H groups in total. The number of hydrogen-bond acceptors (Lipinski definition) is 5. The highest BCUT2D eigenvalue weighted by Crippen LogP contribution is 2.43. The Labute approximate surface area is 208 Å². The van der Waals surface area contributed by atoms with E-state index in [2.05, 4.69) is 15.2 Å². The van der Waals surface area contributed by atoms with Crippen molar-refractivity contribution in [1.29, 1.82) is 0 Å². The van der Waals surface area contributed by atoms with Crippen LogP contribution in [-0.4, -0.2) is 53.4 Å². The topological polar surface area (TPSA) is 71.5 Å². The lowest BCUT2D eigenvalue weighted by atomic mass is 10.0. The van der Waals surface area contributed by atoms with Gasteiger partial charge >= 0.3 is 0 Å². The third-order valence-corrected chi connectivity index (χ3v) is 6.97. The predicted octanol–water partition coefficient (Wildman–Crippen LogP) is 4.77. The van der Waals surface area contributed by atoms with Crippen LogP contribution in [0.4, 0.5) is 10.1 Å². The van der Waals surface area contributed by atoms with Crippen LogP contribution in [-0.2, 0) is 16.0 Å². The first-order chi connectivity index (χ1) is 17.0. The second-order valence-corrected chi connectivity index (χ2v) is 9.32. The summed E-state index contributed by atoms with van der Waals surface area (Å²) in [6.07, 6.45) is 3.30. The molecule has 1 aliphatic heterocycles. The number of nitrogens with zero attached hydrogens (tertiary/aromatic N) is 2. The zero-order chi connectivity index (χ0) is 24.4. The fraction of sp³-hybridized carbons (Fsp3) is 0.296. The molecule has 1 aromatic heterocycles. The lowest BCUT2D eigenvalue weighted by Gasteiger charge is -2.33. The Bertz CT molecular complexity index is 1250. The van der Waals surface area contributed by atoms with Crippen molar-refractivity contribution in [3.63, 3.8) is 0 Å². The molecular formula is C27H25ClFN3O3. The molecule has 0 radical (unpaired) electrons. The molecule has 2 heterocycles. The number of aromatic nitrogens is 1. The van der Waals surface area contributed by atoms with Gasteiger partial charge in [-0.15, -0.1) is 0 Å². The normalized spacial score (nSPS) is 17.1. The summed E-state index contributed by atoms with van der Waals surface area (Å²) in [5, 5.41) is 3.33.